The Bertz CT molecular complexity index is 931. The van der Waals surface area contributed by atoms with E-state index < -0.39 is 0 Å². The van der Waals surface area contributed by atoms with E-state index >= 15 is 0 Å². The predicted molar refractivity (Wildman–Crippen MR) is 92.5 cm³/mol. The summed E-state index contributed by atoms with van der Waals surface area (Å²) in [6.45, 7) is 0. The number of rotatable bonds is 3. The fraction of sp³-hybridized carbons (Fsp3) is 0.0526. The number of ether oxygens (including phenoxy) is 1. The summed E-state index contributed by atoms with van der Waals surface area (Å²) < 4.78 is 5.18. The van der Waals surface area contributed by atoms with Gasteiger partial charge in [-0.25, -0.2) is 4.98 Å². The Morgan fingerprint density at radius 2 is 1.83 bits per heavy atom. The standard InChI is InChI=1S/C19H15N3O2/c1-24-16-9-5-8-13(18(16)23)17-14(10-20)19(21)22-11-15(17)12-6-3-2-4-7-12/h2-9,11,23H,1H3,(H2,21,22). The van der Waals surface area contributed by atoms with Crippen molar-refractivity contribution < 1.29 is 9.84 Å². The number of nitrogens with zero attached hydrogens (tertiary/aromatic N) is 2. The third-order valence-corrected chi connectivity index (χ3v) is 3.79. The Kier molecular flexibility index (Phi) is 4.04. The van der Waals surface area contributed by atoms with E-state index in [1.54, 1.807) is 24.4 Å². The molecule has 0 aliphatic rings. The molecule has 5 heteroatoms. The Morgan fingerprint density at radius 3 is 2.50 bits per heavy atom. The van der Waals surface area contributed by atoms with E-state index in [1.807, 2.05) is 30.3 Å². The summed E-state index contributed by atoms with van der Waals surface area (Å²) in [5, 5.41) is 20.1. The van der Waals surface area contributed by atoms with Gasteiger partial charge in [-0.2, -0.15) is 5.26 Å². The molecule has 0 saturated carbocycles. The van der Waals surface area contributed by atoms with Crippen LogP contribution in [-0.2, 0) is 0 Å². The van der Waals surface area contributed by atoms with E-state index in [1.165, 1.54) is 7.11 Å². The maximum Gasteiger partial charge on any atom is 0.165 e. The molecule has 0 bridgehead atoms. The first-order valence-electron chi connectivity index (χ1n) is 7.27. The van der Waals surface area contributed by atoms with Crippen molar-refractivity contribution in [3.05, 3.63) is 60.3 Å². The molecule has 1 aromatic heterocycles. The van der Waals surface area contributed by atoms with Crippen LogP contribution in [0.4, 0.5) is 5.82 Å². The lowest BCUT2D eigenvalue weighted by Crippen LogP contribution is -2.00. The van der Waals surface area contributed by atoms with Gasteiger partial charge in [-0.3, -0.25) is 0 Å². The van der Waals surface area contributed by atoms with Crippen LogP contribution in [0, 0.1) is 11.3 Å². The number of phenols is 1. The second-order valence-corrected chi connectivity index (χ2v) is 5.14. The quantitative estimate of drug-likeness (QED) is 0.770. The lowest BCUT2D eigenvalue weighted by molar-refractivity contribution is 0.374. The van der Waals surface area contributed by atoms with Gasteiger partial charge in [0.25, 0.3) is 0 Å². The highest BCUT2D eigenvalue weighted by Crippen LogP contribution is 2.43. The topological polar surface area (TPSA) is 92.2 Å². The second kappa shape index (κ2) is 6.31. The number of pyridine rings is 1. The van der Waals surface area contributed by atoms with Crippen molar-refractivity contribution in [3.8, 4) is 39.8 Å². The highest BCUT2D eigenvalue weighted by atomic mass is 16.5. The minimum absolute atomic E-state index is 0.0423. The summed E-state index contributed by atoms with van der Waals surface area (Å²) >= 11 is 0. The molecule has 0 aliphatic carbocycles. The SMILES string of the molecule is COc1cccc(-c2c(-c3ccccc3)cnc(N)c2C#N)c1O. The highest BCUT2D eigenvalue weighted by molar-refractivity contribution is 5.92. The normalized spacial score (nSPS) is 10.2. The predicted octanol–water partition coefficient (Wildman–Crippen LogP) is 3.58. The molecule has 0 fully saturated rings. The van der Waals surface area contributed by atoms with Crippen molar-refractivity contribution >= 4 is 5.82 Å². The third-order valence-electron chi connectivity index (χ3n) is 3.79. The van der Waals surface area contributed by atoms with E-state index in [0.717, 1.165) is 5.56 Å². The molecule has 2 aromatic carbocycles. The molecule has 3 N–H and O–H groups in total. The largest absolute Gasteiger partial charge is 0.504 e. The van der Waals surface area contributed by atoms with Crippen LogP contribution in [0.25, 0.3) is 22.3 Å². The van der Waals surface area contributed by atoms with E-state index in [9.17, 15) is 10.4 Å². The zero-order valence-electron chi connectivity index (χ0n) is 13.0. The molecule has 0 radical (unpaired) electrons. The van der Waals surface area contributed by atoms with Crippen LogP contribution >= 0.6 is 0 Å². The summed E-state index contributed by atoms with van der Waals surface area (Å²) in [6, 6.07) is 16.7. The minimum Gasteiger partial charge on any atom is -0.504 e. The molecule has 3 aromatic rings. The molecule has 0 spiro atoms. The smallest absolute Gasteiger partial charge is 0.165 e. The number of nitrogen functional groups attached to an aromatic ring is 1. The molecule has 0 aliphatic heterocycles. The van der Waals surface area contributed by atoms with Gasteiger partial charge in [0.05, 0.1) is 7.11 Å². The first kappa shape index (κ1) is 15.4. The number of nitrogens with two attached hydrogens (primary N) is 1. The number of methoxy groups -OCH3 is 1. The lowest BCUT2D eigenvalue weighted by atomic mass is 9.91. The van der Waals surface area contributed by atoms with E-state index in [-0.39, 0.29) is 17.1 Å². The number of hydrogen-bond acceptors (Lipinski definition) is 5. The molecular formula is C19H15N3O2. The van der Waals surface area contributed by atoms with Crippen LogP contribution in [0.2, 0.25) is 0 Å². The number of nitriles is 1. The number of hydrogen-bond donors (Lipinski definition) is 2. The Morgan fingerprint density at radius 1 is 1.08 bits per heavy atom. The van der Waals surface area contributed by atoms with Gasteiger partial charge in [-0.1, -0.05) is 42.5 Å². The molecule has 1 heterocycles. The molecule has 0 amide bonds. The van der Waals surface area contributed by atoms with Gasteiger partial charge in [0, 0.05) is 22.9 Å². The number of para-hydroxylation sites is 1. The van der Waals surface area contributed by atoms with Crippen molar-refractivity contribution in [2.45, 2.75) is 0 Å². The van der Waals surface area contributed by atoms with Gasteiger partial charge >= 0.3 is 0 Å². The number of aromatic nitrogens is 1. The van der Waals surface area contributed by atoms with E-state index in [2.05, 4.69) is 11.1 Å². The average Bonchev–Trinajstić information content (AvgIpc) is 2.62. The molecule has 0 atom stereocenters. The number of aromatic hydroxyl groups is 1. The van der Waals surface area contributed by atoms with Crippen molar-refractivity contribution in [1.82, 2.24) is 4.98 Å². The van der Waals surface area contributed by atoms with E-state index in [4.69, 9.17) is 10.5 Å². The van der Waals surface area contributed by atoms with Crippen molar-refractivity contribution in [2.24, 2.45) is 0 Å². The number of phenolic OH excluding ortho intramolecular Hbond substituents is 1. The third kappa shape index (κ3) is 2.50. The van der Waals surface area contributed by atoms with Crippen LogP contribution < -0.4 is 10.5 Å². The second-order valence-electron chi connectivity index (χ2n) is 5.14. The average molecular weight is 317 g/mol. The maximum atomic E-state index is 10.5. The Balaban J connectivity index is 2.39. The van der Waals surface area contributed by atoms with Crippen molar-refractivity contribution in [1.29, 1.82) is 5.26 Å². The summed E-state index contributed by atoms with van der Waals surface area (Å²) in [5.74, 6) is 0.402. The first-order valence-corrected chi connectivity index (χ1v) is 7.27. The first-order chi connectivity index (χ1) is 11.7. The van der Waals surface area contributed by atoms with Gasteiger partial charge in [-0.15, -0.1) is 0 Å². The maximum absolute atomic E-state index is 10.5. The van der Waals surface area contributed by atoms with Crippen LogP contribution in [0.5, 0.6) is 11.5 Å². The molecule has 24 heavy (non-hydrogen) atoms. The molecule has 5 nitrogen and oxygen atoms in total. The number of benzene rings is 2. The monoisotopic (exact) mass is 317 g/mol. The van der Waals surface area contributed by atoms with Crippen LogP contribution in [0.1, 0.15) is 5.56 Å². The highest BCUT2D eigenvalue weighted by Gasteiger charge is 2.20. The number of anilines is 1. The lowest BCUT2D eigenvalue weighted by Gasteiger charge is -2.15. The fourth-order valence-corrected chi connectivity index (χ4v) is 2.64. The fourth-order valence-electron chi connectivity index (χ4n) is 2.64. The van der Waals surface area contributed by atoms with Crippen molar-refractivity contribution in [2.75, 3.05) is 12.8 Å². The van der Waals surface area contributed by atoms with Gasteiger partial charge in [0.2, 0.25) is 0 Å². The van der Waals surface area contributed by atoms with Crippen molar-refractivity contribution in [3.63, 3.8) is 0 Å². The zero-order valence-corrected chi connectivity index (χ0v) is 13.0. The van der Waals surface area contributed by atoms with Gasteiger partial charge in [0.1, 0.15) is 17.5 Å². The summed E-state index contributed by atoms with van der Waals surface area (Å²) in [7, 11) is 1.48. The minimum atomic E-state index is -0.0423. The van der Waals surface area contributed by atoms with Crippen LogP contribution in [-0.4, -0.2) is 17.2 Å². The van der Waals surface area contributed by atoms with Crippen LogP contribution in [0.3, 0.4) is 0 Å². The molecule has 0 saturated heterocycles. The summed E-state index contributed by atoms with van der Waals surface area (Å²) in [6.07, 6.45) is 1.61. The van der Waals surface area contributed by atoms with Gasteiger partial charge in [-0.05, 0) is 11.6 Å². The molecule has 0 unspecified atom stereocenters. The molecular weight excluding hydrogens is 302 g/mol. The van der Waals surface area contributed by atoms with Gasteiger partial charge in [0.15, 0.2) is 11.5 Å². The summed E-state index contributed by atoms with van der Waals surface area (Å²) in [5.41, 5.74) is 8.71. The molecule has 3 rings (SSSR count). The summed E-state index contributed by atoms with van der Waals surface area (Å²) in [4.78, 5) is 4.13. The van der Waals surface area contributed by atoms with E-state index in [0.29, 0.717) is 22.4 Å². The Hall–Kier alpha value is -3.52. The Labute approximate surface area is 139 Å². The zero-order chi connectivity index (χ0) is 17.1. The van der Waals surface area contributed by atoms with Crippen LogP contribution in [0.15, 0.2) is 54.7 Å². The van der Waals surface area contributed by atoms with Gasteiger partial charge < -0.3 is 15.6 Å². The molecule has 118 valence electrons.